The summed E-state index contributed by atoms with van der Waals surface area (Å²) in [6, 6.07) is 9.37. The number of rotatable bonds is 6. The summed E-state index contributed by atoms with van der Waals surface area (Å²) in [5, 5.41) is 27.8. The van der Waals surface area contributed by atoms with Crippen LogP contribution in [0.5, 0.6) is 0 Å². The minimum absolute atomic E-state index is 0.213. The SMILES string of the molecule is CN(CCC#N)c1ccc(C(O)C(O)CS)cc1. The molecule has 0 aliphatic rings. The number of benzene rings is 1. The predicted molar refractivity (Wildman–Crippen MR) is 74.8 cm³/mol. The van der Waals surface area contributed by atoms with Crippen molar-refractivity contribution in [3.05, 3.63) is 29.8 Å². The van der Waals surface area contributed by atoms with Crippen molar-refractivity contribution >= 4 is 18.3 Å². The van der Waals surface area contributed by atoms with Crippen molar-refractivity contribution in [3.63, 3.8) is 0 Å². The molecule has 1 aromatic rings. The van der Waals surface area contributed by atoms with Gasteiger partial charge in [-0.3, -0.25) is 0 Å². The fourth-order valence-electron chi connectivity index (χ4n) is 1.59. The minimum Gasteiger partial charge on any atom is -0.389 e. The second-order valence-electron chi connectivity index (χ2n) is 4.12. The summed E-state index contributed by atoms with van der Waals surface area (Å²) >= 11 is 3.95. The minimum atomic E-state index is -0.916. The molecule has 0 aliphatic heterocycles. The van der Waals surface area contributed by atoms with Crippen molar-refractivity contribution in [2.24, 2.45) is 0 Å². The predicted octanol–water partition coefficient (Wildman–Crippen LogP) is 1.36. The average Bonchev–Trinajstić information content (AvgIpc) is 2.43. The quantitative estimate of drug-likeness (QED) is 0.680. The van der Waals surface area contributed by atoms with Crippen LogP contribution in [0.4, 0.5) is 5.69 Å². The Balaban J connectivity index is 2.71. The monoisotopic (exact) mass is 266 g/mol. The van der Waals surface area contributed by atoms with Crippen LogP contribution < -0.4 is 4.90 Å². The third-order valence-electron chi connectivity index (χ3n) is 2.79. The number of thiol groups is 1. The van der Waals surface area contributed by atoms with Crippen LogP contribution in [-0.4, -0.2) is 35.7 Å². The summed E-state index contributed by atoms with van der Waals surface area (Å²) in [6.45, 7) is 0.664. The molecule has 0 aliphatic carbocycles. The average molecular weight is 266 g/mol. The lowest BCUT2D eigenvalue weighted by molar-refractivity contribution is 0.0338. The van der Waals surface area contributed by atoms with Crippen molar-refractivity contribution in [1.82, 2.24) is 0 Å². The Hall–Kier alpha value is -1.22. The molecule has 0 fully saturated rings. The van der Waals surface area contributed by atoms with Gasteiger partial charge in [-0.05, 0) is 17.7 Å². The Morgan fingerprint density at radius 2 is 1.94 bits per heavy atom. The first-order valence-corrected chi connectivity index (χ1v) is 6.38. The molecule has 0 amide bonds. The second kappa shape index (κ2) is 7.27. The van der Waals surface area contributed by atoms with Crippen molar-refractivity contribution in [2.45, 2.75) is 18.6 Å². The zero-order valence-corrected chi connectivity index (χ0v) is 11.2. The van der Waals surface area contributed by atoms with Crippen molar-refractivity contribution in [2.75, 3.05) is 24.2 Å². The van der Waals surface area contributed by atoms with Crippen LogP contribution in [0.25, 0.3) is 0 Å². The van der Waals surface area contributed by atoms with Crippen molar-refractivity contribution in [1.29, 1.82) is 5.26 Å². The van der Waals surface area contributed by atoms with E-state index in [2.05, 4.69) is 18.7 Å². The Labute approximate surface area is 113 Å². The van der Waals surface area contributed by atoms with Gasteiger partial charge >= 0.3 is 0 Å². The summed E-state index contributed by atoms with van der Waals surface area (Å²) in [5.74, 6) is 0.213. The van der Waals surface area contributed by atoms with Crippen LogP contribution in [0.2, 0.25) is 0 Å². The summed E-state index contributed by atoms with van der Waals surface area (Å²) in [4.78, 5) is 1.97. The van der Waals surface area contributed by atoms with Crippen LogP contribution >= 0.6 is 12.6 Å². The normalized spacial score (nSPS) is 13.7. The van der Waals surface area contributed by atoms with Gasteiger partial charge < -0.3 is 15.1 Å². The maximum Gasteiger partial charge on any atom is 0.106 e. The summed E-state index contributed by atoms with van der Waals surface area (Å²) in [7, 11) is 1.91. The largest absolute Gasteiger partial charge is 0.389 e. The zero-order chi connectivity index (χ0) is 13.5. The van der Waals surface area contributed by atoms with Crippen molar-refractivity contribution < 1.29 is 10.2 Å². The van der Waals surface area contributed by atoms with E-state index < -0.39 is 12.2 Å². The highest BCUT2D eigenvalue weighted by molar-refractivity contribution is 7.80. The number of nitrogens with zero attached hydrogens (tertiary/aromatic N) is 2. The number of anilines is 1. The highest BCUT2D eigenvalue weighted by Gasteiger charge is 2.16. The van der Waals surface area contributed by atoms with E-state index >= 15 is 0 Å². The topological polar surface area (TPSA) is 67.5 Å². The first kappa shape index (κ1) is 14.8. The summed E-state index contributed by atoms with van der Waals surface area (Å²) in [5.41, 5.74) is 1.63. The molecule has 0 spiro atoms. The zero-order valence-electron chi connectivity index (χ0n) is 10.3. The molecule has 2 N–H and O–H groups in total. The molecule has 2 atom stereocenters. The van der Waals surface area contributed by atoms with Crippen LogP contribution in [0.15, 0.2) is 24.3 Å². The first-order valence-electron chi connectivity index (χ1n) is 5.75. The van der Waals surface area contributed by atoms with Gasteiger partial charge in [0.1, 0.15) is 6.10 Å². The number of aliphatic hydroxyl groups excluding tert-OH is 2. The fourth-order valence-corrected chi connectivity index (χ4v) is 1.79. The Morgan fingerprint density at radius 3 is 2.44 bits per heavy atom. The van der Waals surface area contributed by atoms with Gasteiger partial charge in [-0.2, -0.15) is 17.9 Å². The number of aliphatic hydroxyl groups is 2. The molecule has 0 heterocycles. The van der Waals surface area contributed by atoms with Gasteiger partial charge in [-0.25, -0.2) is 0 Å². The molecule has 0 saturated carbocycles. The van der Waals surface area contributed by atoms with E-state index in [9.17, 15) is 10.2 Å². The molecule has 1 rings (SSSR count). The lowest BCUT2D eigenvalue weighted by Crippen LogP contribution is -2.20. The molecule has 5 heteroatoms. The Morgan fingerprint density at radius 1 is 1.33 bits per heavy atom. The molecule has 0 saturated heterocycles. The lowest BCUT2D eigenvalue weighted by atomic mass is 10.0. The highest BCUT2D eigenvalue weighted by Crippen LogP contribution is 2.21. The number of hydrogen-bond donors (Lipinski definition) is 3. The molecule has 1 aromatic carbocycles. The molecule has 0 bridgehead atoms. The van der Waals surface area contributed by atoms with Gasteiger partial charge in [0.25, 0.3) is 0 Å². The maximum atomic E-state index is 9.80. The molecular weight excluding hydrogens is 248 g/mol. The van der Waals surface area contributed by atoms with E-state index in [0.717, 1.165) is 5.69 Å². The summed E-state index contributed by atoms with van der Waals surface area (Å²) < 4.78 is 0. The highest BCUT2D eigenvalue weighted by atomic mass is 32.1. The first-order chi connectivity index (χ1) is 8.60. The third kappa shape index (κ3) is 3.91. The van der Waals surface area contributed by atoms with Gasteiger partial charge in [0.05, 0.1) is 18.6 Å². The van der Waals surface area contributed by atoms with Gasteiger partial charge in [-0.15, -0.1) is 0 Å². The van der Waals surface area contributed by atoms with Crippen molar-refractivity contribution in [3.8, 4) is 6.07 Å². The van der Waals surface area contributed by atoms with E-state index in [4.69, 9.17) is 5.26 Å². The van der Waals surface area contributed by atoms with Crippen LogP contribution in [0.3, 0.4) is 0 Å². The van der Waals surface area contributed by atoms with Gasteiger partial charge in [-0.1, -0.05) is 12.1 Å². The van der Waals surface area contributed by atoms with E-state index in [1.165, 1.54) is 0 Å². The van der Waals surface area contributed by atoms with Crippen LogP contribution in [0, 0.1) is 11.3 Å². The second-order valence-corrected chi connectivity index (χ2v) is 4.48. The third-order valence-corrected chi connectivity index (χ3v) is 3.16. The number of hydrogen-bond acceptors (Lipinski definition) is 5. The molecule has 0 aromatic heterocycles. The summed E-state index contributed by atoms with van der Waals surface area (Å²) in [6.07, 6.45) is -1.31. The number of nitriles is 1. The van der Waals surface area contributed by atoms with Gasteiger partial charge in [0.2, 0.25) is 0 Å². The maximum absolute atomic E-state index is 9.80. The fraction of sp³-hybridized carbons (Fsp3) is 0.462. The Kier molecular flexibility index (Phi) is 5.99. The molecular formula is C13H18N2O2S. The smallest absolute Gasteiger partial charge is 0.106 e. The van der Waals surface area contributed by atoms with E-state index in [1.54, 1.807) is 12.1 Å². The molecule has 2 unspecified atom stereocenters. The van der Waals surface area contributed by atoms with E-state index in [1.807, 2.05) is 24.1 Å². The van der Waals surface area contributed by atoms with Gasteiger partial charge in [0.15, 0.2) is 0 Å². The van der Waals surface area contributed by atoms with E-state index in [0.29, 0.717) is 18.5 Å². The van der Waals surface area contributed by atoms with E-state index in [-0.39, 0.29) is 5.75 Å². The van der Waals surface area contributed by atoms with Gasteiger partial charge in [0, 0.05) is 25.0 Å². The lowest BCUT2D eigenvalue weighted by Gasteiger charge is -2.20. The molecule has 4 nitrogen and oxygen atoms in total. The van der Waals surface area contributed by atoms with Crippen LogP contribution in [-0.2, 0) is 0 Å². The molecule has 98 valence electrons. The molecule has 0 radical (unpaired) electrons. The standard InChI is InChI=1S/C13H18N2O2S/c1-15(8-2-7-14)11-5-3-10(4-6-11)13(17)12(16)9-18/h3-6,12-13,16-18H,2,8-9H2,1H3. The Bertz CT molecular complexity index is 402. The molecule has 18 heavy (non-hydrogen) atoms. The van der Waals surface area contributed by atoms with Crippen LogP contribution in [0.1, 0.15) is 18.1 Å².